The molecule has 17 rings (SSSR count). The molecule has 0 bridgehead atoms. The first-order valence-corrected chi connectivity index (χ1v) is 28.7. The van der Waals surface area contributed by atoms with Crippen LogP contribution in [0.15, 0.2) is 158 Å². The molecule has 0 saturated carbocycles. The van der Waals surface area contributed by atoms with Crippen molar-refractivity contribution >= 4 is 145 Å². The number of thiophene rings is 2. The number of ether oxygens (including phenoxy) is 4. The maximum Gasteiger partial charge on any atom is 0.416 e. The molecule has 0 saturated heterocycles. The zero-order valence-electron chi connectivity index (χ0n) is 44.3. The third kappa shape index (κ3) is 7.89. The van der Waals surface area contributed by atoms with Gasteiger partial charge >= 0.3 is 30.9 Å². The third-order valence-corrected chi connectivity index (χ3v) is 19.6. The Balaban J connectivity index is 0.963. The van der Waals surface area contributed by atoms with E-state index in [0.717, 1.165) is 83.3 Å². The first-order valence-electron chi connectivity index (χ1n) is 27.0. The van der Waals surface area contributed by atoms with Gasteiger partial charge in [0.1, 0.15) is 46.0 Å². The lowest BCUT2D eigenvalue weighted by atomic mass is 9.30. The van der Waals surface area contributed by atoms with Gasteiger partial charge in [0.25, 0.3) is 20.1 Å². The molecule has 0 amide bonds. The van der Waals surface area contributed by atoms with Crippen LogP contribution in [0.2, 0.25) is 0 Å². The molecule has 89 heavy (non-hydrogen) atoms. The molecule has 0 radical (unpaired) electrons. The number of fused-ring (bicyclic) bond motifs is 16. The van der Waals surface area contributed by atoms with Crippen LogP contribution in [0.25, 0.3) is 20.2 Å². The van der Waals surface area contributed by atoms with E-state index >= 15 is 26.3 Å². The van der Waals surface area contributed by atoms with Crippen molar-refractivity contribution in [3.8, 4) is 46.0 Å². The summed E-state index contributed by atoms with van der Waals surface area (Å²) < 4.78 is 251. The zero-order chi connectivity index (χ0) is 61.5. The molecule has 0 atom stereocenters. The van der Waals surface area contributed by atoms with Crippen LogP contribution in [0, 0.1) is 0 Å². The molecule has 6 nitrogen and oxygen atoms in total. The van der Waals surface area contributed by atoms with Gasteiger partial charge in [-0.2, -0.15) is 65.9 Å². The molecule has 11 aromatic rings. The number of rotatable bonds is 2. The van der Waals surface area contributed by atoms with Crippen LogP contribution in [0.5, 0.6) is 46.0 Å². The highest BCUT2D eigenvalue weighted by Gasteiger charge is 2.52. The van der Waals surface area contributed by atoms with Gasteiger partial charge in [0.2, 0.25) is 0 Å². The summed E-state index contributed by atoms with van der Waals surface area (Å²) in [4.78, 5) is 3.07. The van der Waals surface area contributed by atoms with E-state index in [4.69, 9.17) is 18.9 Å². The number of alkyl halides is 15. The van der Waals surface area contributed by atoms with E-state index < -0.39 is 78.8 Å². The molecule has 8 heterocycles. The van der Waals surface area contributed by atoms with Gasteiger partial charge in [0.05, 0.1) is 27.8 Å². The second-order valence-electron chi connectivity index (χ2n) is 22.1. The summed E-state index contributed by atoms with van der Waals surface area (Å²) in [6, 6.07) is 33.9. The van der Waals surface area contributed by atoms with Crippen molar-refractivity contribution in [2.24, 2.45) is 0 Å². The van der Waals surface area contributed by atoms with Crippen molar-refractivity contribution in [2.75, 3.05) is 9.80 Å². The molecular weight excluding hydrogens is 1230 g/mol. The number of anilines is 6. The van der Waals surface area contributed by atoms with Gasteiger partial charge in [0, 0.05) is 81.4 Å². The molecule has 0 unspecified atom stereocenters. The second-order valence-corrected chi connectivity index (χ2v) is 24.3. The average molecular weight is 1260 g/mol. The largest absolute Gasteiger partial charge is 0.458 e. The summed E-state index contributed by atoms with van der Waals surface area (Å²) in [5.74, 6) is -1.62. The van der Waals surface area contributed by atoms with Crippen LogP contribution >= 0.6 is 22.7 Å². The van der Waals surface area contributed by atoms with Crippen LogP contribution in [0.4, 0.5) is 100.0 Å². The highest BCUT2D eigenvalue weighted by Crippen LogP contribution is 2.52. The summed E-state index contributed by atoms with van der Waals surface area (Å²) >= 11 is 2.11. The van der Waals surface area contributed by atoms with Gasteiger partial charge in [-0.05, 0) is 130 Å². The lowest BCUT2D eigenvalue weighted by Crippen LogP contribution is -2.64. The number of benzene rings is 9. The predicted octanol–water partition coefficient (Wildman–Crippen LogP) is 14.7. The monoisotopic (exact) mass is 1260 g/mol. The van der Waals surface area contributed by atoms with E-state index in [9.17, 15) is 39.5 Å². The van der Waals surface area contributed by atoms with Crippen LogP contribution in [-0.2, 0) is 30.9 Å². The van der Waals surface area contributed by atoms with Crippen molar-refractivity contribution in [2.45, 2.75) is 30.9 Å². The van der Waals surface area contributed by atoms with Gasteiger partial charge in [-0.3, -0.25) is 0 Å². The third-order valence-electron chi connectivity index (χ3n) is 17.1. The number of hydrogen-bond acceptors (Lipinski definition) is 8. The minimum absolute atomic E-state index is 0.0268. The summed E-state index contributed by atoms with van der Waals surface area (Å²) in [6.45, 7) is -3.35. The SMILES string of the molecule is FC(F)(F)c1cc2c3c(c1)Oc1c(sc4ccc(C(F)(F)F)cc14)B3c1cc3c(cc1O2)N(c1ccccc1)c1cc(C(F)(F)F)cc2c1B3c1cc3c(cc1O2)N(c1ccccc1)c1cc(C(F)(F)F)cc2c1B3c1sc3ccc(C(F)(F)F)cc3c1O2. The lowest BCUT2D eigenvalue weighted by Gasteiger charge is -2.43. The summed E-state index contributed by atoms with van der Waals surface area (Å²) in [5.41, 5.74) is -2.85. The summed E-state index contributed by atoms with van der Waals surface area (Å²) in [5, 5.41) is -0.0615. The Morgan fingerprint density at radius 1 is 0.303 bits per heavy atom. The fourth-order valence-corrected chi connectivity index (χ4v) is 15.9. The molecule has 0 fully saturated rings. The van der Waals surface area contributed by atoms with Crippen LogP contribution < -0.4 is 76.5 Å². The molecule has 0 spiro atoms. The smallest absolute Gasteiger partial charge is 0.416 e. The molecule has 26 heteroatoms. The molecule has 0 aliphatic carbocycles. The summed E-state index contributed by atoms with van der Waals surface area (Å²) in [7, 11) is 0. The first kappa shape index (κ1) is 54.0. The van der Waals surface area contributed by atoms with Crippen LogP contribution in [0.1, 0.15) is 27.8 Å². The molecule has 2 aromatic heterocycles. The van der Waals surface area contributed by atoms with E-state index in [0.29, 0.717) is 46.7 Å². The normalized spacial score (nSPS) is 14.9. The van der Waals surface area contributed by atoms with Gasteiger partial charge in [0.15, 0.2) is 0 Å². The Morgan fingerprint density at radius 2 is 0.663 bits per heavy atom. The predicted molar refractivity (Wildman–Crippen MR) is 312 cm³/mol. The Hall–Kier alpha value is -9.16. The standard InChI is InChI=1S/C63H26B3F15N2O4S2/c67-59(68,69)27-11-13-50-34(15-27)55-57(88-50)65-37-24-38-44(26-41(37)83(33-9-5-2-6-10-33)43-18-30(62(76,77)78)20-47(86-55)53(43)65)84-46-19-29(61(73,74)75)17-42-52(46)64(38)36-23-39-45(25-40(36)82(42)32-7-3-1-4-8-32)85-48-21-31(63(79,80)81)22-49-54(48)66(39)58-56(87-49)35-16-28(60(70,71)72)12-14-51(35)89-58/h1-26H. The molecule has 6 aliphatic rings. The van der Waals surface area contributed by atoms with Gasteiger partial charge < -0.3 is 28.7 Å². The minimum Gasteiger partial charge on any atom is -0.458 e. The molecule has 6 aliphatic heterocycles. The van der Waals surface area contributed by atoms with Gasteiger partial charge in [-0.15, -0.1) is 22.7 Å². The van der Waals surface area contributed by atoms with Gasteiger partial charge in [-0.1, -0.05) is 48.5 Å². The quantitative estimate of drug-likeness (QED) is 0.127. The zero-order valence-corrected chi connectivity index (χ0v) is 45.9. The molecule has 9 aromatic carbocycles. The maximum absolute atomic E-state index is 15.5. The average Bonchev–Trinajstić information content (AvgIpc) is 1.55. The van der Waals surface area contributed by atoms with E-state index in [1.165, 1.54) is 34.1 Å². The van der Waals surface area contributed by atoms with Crippen LogP contribution in [-0.4, -0.2) is 20.1 Å². The number of para-hydroxylation sites is 2. The molecule has 438 valence electrons. The van der Waals surface area contributed by atoms with Crippen molar-refractivity contribution < 1.29 is 84.8 Å². The molecule has 0 N–H and O–H groups in total. The molecular formula is C63H26B3F15N2O4S2. The van der Waals surface area contributed by atoms with Crippen LogP contribution in [0.3, 0.4) is 0 Å². The summed E-state index contributed by atoms with van der Waals surface area (Å²) in [6.07, 6.45) is -24.7. The fourth-order valence-electron chi connectivity index (χ4n) is 13.5. The van der Waals surface area contributed by atoms with Crippen molar-refractivity contribution in [3.05, 3.63) is 186 Å². The number of halogens is 15. The Bertz CT molecular complexity index is 4970. The second kappa shape index (κ2) is 17.8. The van der Waals surface area contributed by atoms with Crippen molar-refractivity contribution in [3.63, 3.8) is 0 Å². The van der Waals surface area contributed by atoms with Crippen molar-refractivity contribution in [1.82, 2.24) is 0 Å². The fraction of sp³-hybridized carbons (Fsp3) is 0.0794. The van der Waals surface area contributed by atoms with E-state index in [2.05, 4.69) is 0 Å². The minimum atomic E-state index is -5.01. The Labute approximate surface area is 499 Å². The highest BCUT2D eigenvalue weighted by atomic mass is 32.1. The topological polar surface area (TPSA) is 43.4 Å². The first-order chi connectivity index (χ1) is 42.2. The number of nitrogens with zero attached hydrogens (tertiary/aromatic N) is 2. The highest BCUT2D eigenvalue weighted by molar-refractivity contribution is 7.34. The van der Waals surface area contributed by atoms with E-state index in [1.807, 2.05) is 0 Å². The van der Waals surface area contributed by atoms with E-state index in [1.54, 1.807) is 72.8 Å². The number of hydrogen-bond donors (Lipinski definition) is 0. The Kier molecular flexibility index (Phi) is 10.8. The van der Waals surface area contributed by atoms with Gasteiger partial charge in [-0.25, -0.2) is 0 Å². The maximum atomic E-state index is 15.5. The van der Waals surface area contributed by atoms with Crippen molar-refractivity contribution in [1.29, 1.82) is 0 Å². The Morgan fingerprint density at radius 3 is 1.10 bits per heavy atom. The van der Waals surface area contributed by atoms with E-state index in [-0.39, 0.29) is 101 Å². The lowest BCUT2D eigenvalue weighted by molar-refractivity contribution is -0.138.